The molecule has 2 N–H and O–H groups in total. The molecule has 7 heteroatoms. The van der Waals surface area contributed by atoms with Gasteiger partial charge in [0.25, 0.3) is 0 Å². The van der Waals surface area contributed by atoms with Gasteiger partial charge in [0.15, 0.2) is 5.78 Å². The van der Waals surface area contributed by atoms with E-state index in [9.17, 15) is 9.59 Å². The molecule has 0 aliphatic rings. The van der Waals surface area contributed by atoms with Crippen LogP contribution in [0.3, 0.4) is 0 Å². The van der Waals surface area contributed by atoms with Crippen LogP contribution in [0.25, 0.3) is 0 Å². The third-order valence-electron chi connectivity index (χ3n) is 4.96. The fourth-order valence-corrected chi connectivity index (χ4v) is 4.27. The van der Waals surface area contributed by atoms with Crippen LogP contribution in [0.5, 0.6) is 0 Å². The van der Waals surface area contributed by atoms with Crippen molar-refractivity contribution in [2.45, 2.75) is 58.6 Å². The summed E-state index contributed by atoms with van der Waals surface area (Å²) >= 11 is 1.55. The number of benzene rings is 1. The van der Waals surface area contributed by atoms with Gasteiger partial charge >= 0.3 is 6.09 Å². The Kier molecular flexibility index (Phi) is 11.4. The summed E-state index contributed by atoms with van der Waals surface area (Å²) in [6, 6.07) is 13.0. The van der Waals surface area contributed by atoms with E-state index in [2.05, 4.69) is 24.5 Å². The molecule has 0 aliphatic heterocycles. The number of thioether (sulfide) groups is 1. The van der Waals surface area contributed by atoms with Gasteiger partial charge in [0.05, 0.1) is 23.8 Å². The SMILES string of the molecule is CC(C)CC(CNC(C(=O)CSCc1ccco1)C(C)C)NC(=O)OCc1ccccc1. The summed E-state index contributed by atoms with van der Waals surface area (Å²) in [6.45, 7) is 9.03. The Bertz CT molecular complexity index is 794. The van der Waals surface area contributed by atoms with Crippen molar-refractivity contribution in [2.75, 3.05) is 12.3 Å². The maximum atomic E-state index is 12.8. The molecule has 0 aliphatic carbocycles. The molecule has 0 fully saturated rings. The van der Waals surface area contributed by atoms with Crippen LogP contribution < -0.4 is 10.6 Å². The van der Waals surface area contributed by atoms with Crippen molar-refractivity contribution in [1.29, 1.82) is 0 Å². The average Bonchev–Trinajstić information content (AvgIpc) is 3.26. The maximum Gasteiger partial charge on any atom is 0.407 e. The quantitative estimate of drug-likeness (QED) is 0.411. The zero-order valence-corrected chi connectivity index (χ0v) is 20.3. The minimum atomic E-state index is -0.442. The van der Waals surface area contributed by atoms with E-state index in [0.717, 1.165) is 17.7 Å². The van der Waals surface area contributed by atoms with Gasteiger partial charge in [0.1, 0.15) is 12.4 Å². The lowest BCUT2D eigenvalue weighted by Crippen LogP contribution is -2.49. The Morgan fingerprint density at radius 2 is 1.81 bits per heavy atom. The zero-order valence-electron chi connectivity index (χ0n) is 19.5. The monoisotopic (exact) mass is 460 g/mol. The zero-order chi connectivity index (χ0) is 23.3. The van der Waals surface area contributed by atoms with Crippen LogP contribution in [-0.2, 0) is 21.9 Å². The second kappa shape index (κ2) is 14.0. The minimum absolute atomic E-state index is 0.122. The van der Waals surface area contributed by atoms with Crippen LogP contribution in [0.2, 0.25) is 0 Å². The fourth-order valence-electron chi connectivity index (χ4n) is 3.42. The number of carbonyl (C=O) groups is 2. The number of alkyl carbamates (subject to hydrolysis) is 1. The first-order valence-corrected chi connectivity index (χ1v) is 12.3. The molecule has 176 valence electrons. The van der Waals surface area contributed by atoms with Gasteiger partial charge in [-0.3, -0.25) is 4.79 Å². The molecule has 1 heterocycles. The summed E-state index contributed by atoms with van der Waals surface area (Å²) in [6.07, 6.45) is 1.99. The highest BCUT2D eigenvalue weighted by Crippen LogP contribution is 2.15. The molecule has 0 saturated heterocycles. The van der Waals surface area contributed by atoms with Crippen LogP contribution in [0.1, 0.15) is 45.4 Å². The van der Waals surface area contributed by atoms with E-state index < -0.39 is 6.09 Å². The highest BCUT2D eigenvalue weighted by atomic mass is 32.2. The van der Waals surface area contributed by atoms with E-state index in [1.54, 1.807) is 18.0 Å². The van der Waals surface area contributed by atoms with E-state index in [0.29, 0.717) is 24.0 Å². The average molecular weight is 461 g/mol. The normalized spacial score (nSPS) is 13.2. The third kappa shape index (κ3) is 9.92. The summed E-state index contributed by atoms with van der Waals surface area (Å²) in [7, 11) is 0. The van der Waals surface area contributed by atoms with Crippen LogP contribution >= 0.6 is 11.8 Å². The second-order valence-corrected chi connectivity index (χ2v) is 9.69. The molecule has 0 bridgehead atoms. The largest absolute Gasteiger partial charge is 0.468 e. The lowest BCUT2D eigenvalue weighted by Gasteiger charge is -2.26. The van der Waals surface area contributed by atoms with Crippen LogP contribution in [0.4, 0.5) is 4.79 Å². The fraction of sp³-hybridized carbons (Fsp3) is 0.520. The summed E-state index contributed by atoms with van der Waals surface area (Å²) in [5.41, 5.74) is 0.943. The van der Waals surface area contributed by atoms with Gasteiger partial charge in [0.2, 0.25) is 0 Å². The number of Topliss-reactive ketones (excluding diaryl/α,β-unsaturated/α-hetero) is 1. The van der Waals surface area contributed by atoms with Crippen molar-refractivity contribution in [3.63, 3.8) is 0 Å². The Balaban J connectivity index is 1.83. The molecule has 1 aromatic carbocycles. The van der Waals surface area contributed by atoms with Crippen LogP contribution in [-0.4, -0.2) is 36.3 Å². The smallest absolute Gasteiger partial charge is 0.407 e. The molecule has 2 aromatic rings. The number of hydrogen-bond acceptors (Lipinski definition) is 6. The number of amides is 1. The van der Waals surface area contributed by atoms with Gasteiger partial charge in [0, 0.05) is 12.6 Å². The van der Waals surface area contributed by atoms with Gasteiger partial charge in [-0.05, 0) is 36.0 Å². The highest BCUT2D eigenvalue weighted by Gasteiger charge is 2.24. The number of ketones is 1. The number of nitrogens with one attached hydrogen (secondary N) is 2. The van der Waals surface area contributed by atoms with Gasteiger partial charge in [-0.15, -0.1) is 11.8 Å². The first kappa shape index (κ1) is 26.0. The number of rotatable bonds is 14. The number of carbonyl (C=O) groups excluding carboxylic acids is 2. The van der Waals surface area contributed by atoms with E-state index in [-0.39, 0.29) is 30.4 Å². The Hall–Kier alpha value is -2.25. The van der Waals surface area contributed by atoms with Crippen LogP contribution in [0, 0.1) is 11.8 Å². The van der Waals surface area contributed by atoms with E-state index in [1.165, 1.54) is 0 Å². The molecule has 0 saturated carbocycles. The van der Waals surface area contributed by atoms with Crippen molar-refractivity contribution in [3.05, 3.63) is 60.1 Å². The Morgan fingerprint density at radius 3 is 2.44 bits per heavy atom. The van der Waals surface area contributed by atoms with Crippen LogP contribution in [0.15, 0.2) is 53.1 Å². The van der Waals surface area contributed by atoms with E-state index >= 15 is 0 Å². The first-order valence-electron chi connectivity index (χ1n) is 11.2. The lowest BCUT2D eigenvalue weighted by molar-refractivity contribution is -0.119. The van der Waals surface area contributed by atoms with Gasteiger partial charge in [-0.1, -0.05) is 58.0 Å². The van der Waals surface area contributed by atoms with E-state index in [1.807, 2.05) is 56.3 Å². The molecular weight excluding hydrogens is 424 g/mol. The molecule has 2 atom stereocenters. The Morgan fingerprint density at radius 1 is 1.06 bits per heavy atom. The molecule has 2 unspecified atom stereocenters. The highest BCUT2D eigenvalue weighted by molar-refractivity contribution is 7.99. The molecule has 0 spiro atoms. The summed E-state index contributed by atoms with van der Waals surface area (Å²) < 4.78 is 10.7. The van der Waals surface area contributed by atoms with Crippen molar-refractivity contribution in [3.8, 4) is 0 Å². The number of hydrogen-bond donors (Lipinski definition) is 2. The van der Waals surface area contributed by atoms with Gasteiger partial charge in [-0.2, -0.15) is 0 Å². The summed E-state index contributed by atoms with van der Waals surface area (Å²) in [5, 5.41) is 6.35. The van der Waals surface area contributed by atoms with E-state index in [4.69, 9.17) is 9.15 Å². The molecule has 1 amide bonds. The van der Waals surface area contributed by atoms with Crippen molar-refractivity contribution < 1.29 is 18.7 Å². The first-order chi connectivity index (χ1) is 15.3. The van der Waals surface area contributed by atoms with Crippen molar-refractivity contribution in [2.24, 2.45) is 11.8 Å². The minimum Gasteiger partial charge on any atom is -0.468 e. The standard InChI is InChI=1S/C25H36N2O4S/c1-18(2)13-21(27-25(29)31-15-20-9-6-5-7-10-20)14-26-24(19(3)4)23(28)17-32-16-22-11-8-12-30-22/h5-12,18-19,21,24,26H,13-17H2,1-4H3,(H,27,29). The lowest BCUT2D eigenvalue weighted by atomic mass is 9.99. The maximum absolute atomic E-state index is 12.8. The molecule has 32 heavy (non-hydrogen) atoms. The topological polar surface area (TPSA) is 80.6 Å². The number of furan rings is 1. The second-order valence-electron chi connectivity index (χ2n) is 8.70. The molecule has 0 radical (unpaired) electrons. The molecule has 6 nitrogen and oxygen atoms in total. The Labute approximate surface area is 195 Å². The van der Waals surface area contributed by atoms with Crippen molar-refractivity contribution >= 4 is 23.6 Å². The van der Waals surface area contributed by atoms with Gasteiger partial charge in [-0.25, -0.2) is 4.79 Å². The predicted molar refractivity (Wildman–Crippen MR) is 130 cm³/mol. The van der Waals surface area contributed by atoms with Crippen molar-refractivity contribution in [1.82, 2.24) is 10.6 Å². The molecular formula is C25H36N2O4S. The summed E-state index contributed by atoms with van der Waals surface area (Å²) in [4.78, 5) is 25.1. The summed E-state index contributed by atoms with van der Waals surface area (Å²) in [5.74, 6) is 2.66. The molecule has 1 aromatic heterocycles. The number of ether oxygens (including phenoxy) is 1. The molecule has 2 rings (SSSR count). The third-order valence-corrected chi connectivity index (χ3v) is 5.93. The predicted octanol–water partition coefficient (Wildman–Crippen LogP) is 5.04. The van der Waals surface area contributed by atoms with Gasteiger partial charge < -0.3 is 19.8 Å².